The number of phenolic OH excluding ortho intramolecular Hbond substituents is 1. The lowest BCUT2D eigenvalue weighted by atomic mass is 9.88. The number of rotatable bonds is 5. The fourth-order valence-electron chi connectivity index (χ4n) is 3.71. The zero-order valence-electron chi connectivity index (χ0n) is 18.3. The Bertz CT molecular complexity index is 1230. The zero-order valence-corrected chi connectivity index (χ0v) is 18.3. The van der Waals surface area contributed by atoms with Gasteiger partial charge in [0.1, 0.15) is 11.6 Å². The third kappa shape index (κ3) is 4.21. The number of methoxy groups -OCH3 is 1. The van der Waals surface area contributed by atoms with E-state index in [9.17, 15) is 5.11 Å². The molecule has 0 saturated heterocycles. The van der Waals surface area contributed by atoms with Gasteiger partial charge in [0.05, 0.1) is 18.3 Å². The molecule has 4 N–H and O–H groups in total. The molecule has 162 valence electrons. The van der Waals surface area contributed by atoms with Gasteiger partial charge in [0.2, 0.25) is 5.88 Å². The first-order valence-electron chi connectivity index (χ1n) is 10.3. The van der Waals surface area contributed by atoms with Crippen molar-refractivity contribution < 1.29 is 9.84 Å². The number of nitrogen functional groups attached to an aromatic ring is 1. The van der Waals surface area contributed by atoms with Gasteiger partial charge in [-0.15, -0.1) is 0 Å². The highest BCUT2D eigenvalue weighted by Gasteiger charge is 2.28. The van der Waals surface area contributed by atoms with Crippen LogP contribution in [0.15, 0.2) is 61.0 Å². The molecule has 0 fully saturated rings. The van der Waals surface area contributed by atoms with E-state index in [1.807, 2.05) is 74.6 Å². The molecule has 0 amide bonds. The average Bonchev–Trinajstić information content (AvgIpc) is 2.81. The highest BCUT2D eigenvalue weighted by atomic mass is 16.5. The standard InChI is InChI=1S/C26H26N4O2/c1-17-15-18(2)24(31)23-21(17)10-13-26(30-23,12-9-20-5-4-14-28-25(20)27)11-8-19-6-7-22(32-3)29-16-19/h4-16,30-31H,1-3H3,(H2,27,28). The second-order valence-corrected chi connectivity index (χ2v) is 7.82. The lowest BCUT2D eigenvalue weighted by molar-refractivity contribution is 0.398. The van der Waals surface area contributed by atoms with Gasteiger partial charge in [0, 0.05) is 29.6 Å². The van der Waals surface area contributed by atoms with Crippen LogP contribution in [-0.4, -0.2) is 27.7 Å². The number of aromatic nitrogens is 2. The number of pyridine rings is 2. The number of ether oxygens (including phenoxy) is 1. The molecule has 0 saturated carbocycles. The predicted molar refractivity (Wildman–Crippen MR) is 130 cm³/mol. The van der Waals surface area contributed by atoms with Crippen molar-refractivity contribution in [2.45, 2.75) is 19.4 Å². The van der Waals surface area contributed by atoms with Crippen LogP contribution in [0.4, 0.5) is 11.5 Å². The quantitative estimate of drug-likeness (QED) is 0.498. The van der Waals surface area contributed by atoms with Gasteiger partial charge < -0.3 is 20.9 Å². The van der Waals surface area contributed by atoms with Crippen molar-refractivity contribution in [3.8, 4) is 11.6 Å². The molecule has 2 aromatic heterocycles. The van der Waals surface area contributed by atoms with Gasteiger partial charge in [0.15, 0.2) is 0 Å². The van der Waals surface area contributed by atoms with Gasteiger partial charge >= 0.3 is 0 Å². The SMILES string of the molecule is COc1ccc(C=CC2(C=Cc3cccnc3N)C=Cc3c(C)cc(C)c(O)c3N2)cn1. The molecule has 1 atom stereocenters. The molecule has 3 heterocycles. The van der Waals surface area contributed by atoms with Crippen molar-refractivity contribution in [3.63, 3.8) is 0 Å². The predicted octanol–water partition coefficient (Wildman–Crippen LogP) is 4.99. The number of hydrogen-bond donors (Lipinski definition) is 3. The number of nitrogens with one attached hydrogen (secondary N) is 1. The van der Waals surface area contributed by atoms with Crippen LogP contribution in [-0.2, 0) is 0 Å². The van der Waals surface area contributed by atoms with E-state index in [2.05, 4.69) is 21.4 Å². The lowest BCUT2D eigenvalue weighted by Gasteiger charge is -2.33. The number of benzene rings is 1. The summed E-state index contributed by atoms with van der Waals surface area (Å²) in [5.74, 6) is 1.26. The van der Waals surface area contributed by atoms with Gasteiger partial charge in [-0.3, -0.25) is 0 Å². The van der Waals surface area contributed by atoms with E-state index in [-0.39, 0.29) is 5.75 Å². The monoisotopic (exact) mass is 426 g/mol. The van der Waals surface area contributed by atoms with Crippen LogP contribution in [0.25, 0.3) is 18.2 Å². The smallest absolute Gasteiger partial charge is 0.212 e. The molecule has 32 heavy (non-hydrogen) atoms. The Hall–Kier alpha value is -4.06. The average molecular weight is 427 g/mol. The lowest BCUT2D eigenvalue weighted by Crippen LogP contribution is -2.34. The minimum Gasteiger partial charge on any atom is -0.505 e. The number of hydrogen-bond acceptors (Lipinski definition) is 6. The van der Waals surface area contributed by atoms with Gasteiger partial charge in [-0.1, -0.05) is 42.5 Å². The highest BCUT2D eigenvalue weighted by Crippen LogP contribution is 2.41. The maximum Gasteiger partial charge on any atom is 0.212 e. The molecule has 0 radical (unpaired) electrons. The molecule has 0 spiro atoms. The molecule has 1 aliphatic rings. The zero-order chi connectivity index (χ0) is 22.7. The highest BCUT2D eigenvalue weighted by molar-refractivity contribution is 5.83. The second kappa shape index (κ2) is 8.59. The Balaban J connectivity index is 1.77. The number of phenols is 1. The Morgan fingerprint density at radius 1 is 1.09 bits per heavy atom. The van der Waals surface area contributed by atoms with Crippen molar-refractivity contribution in [1.29, 1.82) is 0 Å². The molecular weight excluding hydrogens is 400 g/mol. The van der Waals surface area contributed by atoms with Crippen molar-refractivity contribution >= 4 is 29.7 Å². The minimum absolute atomic E-state index is 0.244. The van der Waals surface area contributed by atoms with Crippen molar-refractivity contribution in [1.82, 2.24) is 9.97 Å². The molecule has 6 heteroatoms. The molecular formula is C26H26N4O2. The number of nitrogens with zero attached hydrogens (tertiary/aromatic N) is 2. The molecule has 1 aliphatic heterocycles. The summed E-state index contributed by atoms with van der Waals surface area (Å²) in [6, 6.07) is 9.50. The van der Waals surface area contributed by atoms with E-state index in [0.717, 1.165) is 27.8 Å². The fourth-order valence-corrected chi connectivity index (χ4v) is 3.71. The summed E-state index contributed by atoms with van der Waals surface area (Å²) in [5, 5.41) is 14.3. The Labute approximate surface area is 187 Å². The van der Waals surface area contributed by atoms with E-state index >= 15 is 0 Å². The second-order valence-electron chi connectivity index (χ2n) is 7.82. The first kappa shape index (κ1) is 21.2. The van der Waals surface area contributed by atoms with Crippen LogP contribution in [0, 0.1) is 13.8 Å². The molecule has 0 aliphatic carbocycles. The van der Waals surface area contributed by atoms with E-state index in [1.54, 1.807) is 19.5 Å². The van der Waals surface area contributed by atoms with Crippen LogP contribution in [0.1, 0.15) is 27.8 Å². The fraction of sp³-hybridized carbons (Fsp3) is 0.154. The van der Waals surface area contributed by atoms with Gasteiger partial charge in [0.25, 0.3) is 0 Å². The largest absolute Gasteiger partial charge is 0.505 e. The van der Waals surface area contributed by atoms with E-state index in [1.165, 1.54) is 0 Å². The van der Waals surface area contributed by atoms with Gasteiger partial charge in [-0.25, -0.2) is 9.97 Å². The van der Waals surface area contributed by atoms with Crippen LogP contribution < -0.4 is 15.8 Å². The summed E-state index contributed by atoms with van der Waals surface area (Å²) >= 11 is 0. The Morgan fingerprint density at radius 3 is 2.62 bits per heavy atom. The Kier molecular flexibility index (Phi) is 5.69. The van der Waals surface area contributed by atoms with Crippen LogP contribution >= 0.6 is 0 Å². The number of nitrogens with two attached hydrogens (primary N) is 1. The van der Waals surface area contributed by atoms with Crippen LogP contribution in [0.2, 0.25) is 0 Å². The van der Waals surface area contributed by atoms with Gasteiger partial charge in [-0.2, -0.15) is 0 Å². The third-order valence-corrected chi connectivity index (χ3v) is 5.53. The van der Waals surface area contributed by atoms with E-state index < -0.39 is 5.54 Å². The van der Waals surface area contributed by atoms with Gasteiger partial charge in [-0.05, 0) is 48.7 Å². The van der Waals surface area contributed by atoms with Crippen molar-refractivity contribution in [2.75, 3.05) is 18.2 Å². The minimum atomic E-state index is -0.701. The third-order valence-electron chi connectivity index (χ3n) is 5.53. The molecule has 0 bridgehead atoms. The summed E-state index contributed by atoms with van der Waals surface area (Å²) in [7, 11) is 1.59. The van der Waals surface area contributed by atoms with Crippen molar-refractivity contribution in [2.24, 2.45) is 0 Å². The summed E-state index contributed by atoms with van der Waals surface area (Å²) in [6.07, 6.45) is 15.4. The van der Waals surface area contributed by atoms with Crippen LogP contribution in [0.3, 0.4) is 0 Å². The first-order valence-corrected chi connectivity index (χ1v) is 10.3. The topological polar surface area (TPSA) is 93.3 Å². The summed E-state index contributed by atoms with van der Waals surface area (Å²) in [5.41, 5.74) is 10.7. The maximum absolute atomic E-state index is 10.8. The first-order chi connectivity index (χ1) is 15.4. The molecule has 1 aromatic carbocycles. The maximum atomic E-state index is 10.8. The molecule has 1 unspecified atom stereocenters. The number of anilines is 2. The van der Waals surface area contributed by atoms with Crippen molar-refractivity contribution in [3.05, 3.63) is 88.8 Å². The summed E-state index contributed by atoms with van der Waals surface area (Å²) in [4.78, 5) is 8.43. The number of fused-ring (bicyclic) bond motifs is 1. The number of aromatic hydroxyl groups is 1. The molecule has 3 aromatic rings. The summed E-state index contributed by atoms with van der Waals surface area (Å²) in [6.45, 7) is 3.94. The Morgan fingerprint density at radius 2 is 1.91 bits per heavy atom. The normalized spacial score (nSPS) is 17.5. The van der Waals surface area contributed by atoms with E-state index in [0.29, 0.717) is 17.4 Å². The summed E-state index contributed by atoms with van der Waals surface area (Å²) < 4.78 is 5.14. The molecule has 6 nitrogen and oxygen atoms in total. The van der Waals surface area contributed by atoms with Crippen LogP contribution in [0.5, 0.6) is 11.6 Å². The number of aryl methyl sites for hydroxylation is 2. The van der Waals surface area contributed by atoms with E-state index in [4.69, 9.17) is 10.5 Å². The molecule has 4 rings (SSSR count).